The molecule has 1 N–H and O–H groups in total. The second-order valence-corrected chi connectivity index (χ2v) is 6.32. The van der Waals surface area contributed by atoms with Gasteiger partial charge in [0.2, 0.25) is 11.8 Å². The van der Waals surface area contributed by atoms with E-state index in [1.807, 2.05) is 18.2 Å². The van der Waals surface area contributed by atoms with Crippen LogP contribution in [0.2, 0.25) is 10.0 Å². The van der Waals surface area contributed by atoms with Crippen LogP contribution < -0.4 is 10.1 Å². The minimum absolute atomic E-state index is 0.121. The molecule has 2 amide bonds. The number of nitrogens with zero attached hydrogens (tertiary/aromatic N) is 1. The number of methoxy groups -OCH3 is 1. The summed E-state index contributed by atoms with van der Waals surface area (Å²) in [4.78, 5) is 25.6. The summed E-state index contributed by atoms with van der Waals surface area (Å²) in [5.74, 6) is 0.0192. The number of nitrogens with one attached hydrogen (secondary N) is 1. The van der Waals surface area contributed by atoms with Crippen LogP contribution >= 0.6 is 23.2 Å². The Hall–Kier alpha value is -2.50. The molecule has 7 heteroatoms. The van der Waals surface area contributed by atoms with Crippen LogP contribution in [-0.2, 0) is 9.59 Å². The summed E-state index contributed by atoms with van der Waals surface area (Å²) in [5.41, 5.74) is 1.22. The van der Waals surface area contributed by atoms with Crippen LogP contribution in [0.5, 0.6) is 5.75 Å². The fourth-order valence-corrected chi connectivity index (χ4v) is 2.45. The Bertz CT molecular complexity index is 837. The summed E-state index contributed by atoms with van der Waals surface area (Å²) < 4.78 is 5.13. The molecule has 0 saturated heterocycles. The van der Waals surface area contributed by atoms with E-state index in [2.05, 4.69) is 5.32 Å². The van der Waals surface area contributed by atoms with Crippen LogP contribution in [0.4, 0.5) is 5.69 Å². The zero-order valence-electron chi connectivity index (χ0n) is 14.3. The van der Waals surface area contributed by atoms with Crippen LogP contribution in [0.15, 0.2) is 48.5 Å². The zero-order chi connectivity index (χ0) is 19.1. The van der Waals surface area contributed by atoms with E-state index in [9.17, 15) is 9.59 Å². The Labute approximate surface area is 162 Å². The van der Waals surface area contributed by atoms with Crippen molar-refractivity contribution in [3.8, 4) is 5.75 Å². The van der Waals surface area contributed by atoms with Gasteiger partial charge in [0.1, 0.15) is 5.75 Å². The molecule has 0 atom stereocenters. The van der Waals surface area contributed by atoms with Crippen molar-refractivity contribution < 1.29 is 14.3 Å². The molecule has 0 radical (unpaired) electrons. The molecule has 0 heterocycles. The molecule has 0 saturated carbocycles. The number of rotatable bonds is 6. The fourth-order valence-electron chi connectivity index (χ4n) is 2.12. The molecule has 26 heavy (non-hydrogen) atoms. The van der Waals surface area contributed by atoms with Gasteiger partial charge in [0.25, 0.3) is 0 Å². The number of halogens is 2. The third-order valence-electron chi connectivity index (χ3n) is 3.47. The zero-order valence-corrected chi connectivity index (χ0v) is 15.8. The van der Waals surface area contributed by atoms with Gasteiger partial charge >= 0.3 is 0 Å². The van der Waals surface area contributed by atoms with Crippen molar-refractivity contribution in [2.45, 2.75) is 0 Å². The van der Waals surface area contributed by atoms with Crippen molar-refractivity contribution >= 4 is 46.8 Å². The summed E-state index contributed by atoms with van der Waals surface area (Å²) >= 11 is 11.9. The lowest BCUT2D eigenvalue weighted by Gasteiger charge is -2.15. The highest BCUT2D eigenvalue weighted by Crippen LogP contribution is 2.25. The summed E-state index contributed by atoms with van der Waals surface area (Å²) in [6.07, 6.45) is 3.06. The molecule has 2 rings (SSSR count). The molecular formula is C19H18Cl2N2O3. The monoisotopic (exact) mass is 392 g/mol. The molecular weight excluding hydrogens is 375 g/mol. The van der Waals surface area contributed by atoms with Crippen LogP contribution in [0, 0.1) is 0 Å². The van der Waals surface area contributed by atoms with Crippen molar-refractivity contribution in [1.29, 1.82) is 0 Å². The molecule has 0 aliphatic heterocycles. The first-order valence-electron chi connectivity index (χ1n) is 7.71. The number of hydrogen-bond acceptors (Lipinski definition) is 3. The first kappa shape index (κ1) is 19.8. The van der Waals surface area contributed by atoms with Crippen LogP contribution in [0.25, 0.3) is 6.08 Å². The Kier molecular flexibility index (Phi) is 7.06. The second kappa shape index (κ2) is 9.27. The SMILES string of the molecule is COc1cccc(/C=C/C(=O)N(C)CC(=O)Nc2cc(Cl)ccc2Cl)c1. The summed E-state index contributed by atoms with van der Waals surface area (Å²) in [7, 11) is 3.12. The van der Waals surface area contributed by atoms with Crippen LogP contribution in [0.3, 0.4) is 0 Å². The predicted octanol–water partition coefficient (Wildman–Crippen LogP) is 4.11. The predicted molar refractivity (Wildman–Crippen MR) is 105 cm³/mol. The minimum atomic E-state index is -0.375. The fraction of sp³-hybridized carbons (Fsp3) is 0.158. The van der Waals surface area contributed by atoms with E-state index < -0.39 is 0 Å². The van der Waals surface area contributed by atoms with Gasteiger partial charge in [-0.25, -0.2) is 0 Å². The van der Waals surface area contributed by atoms with E-state index in [1.54, 1.807) is 37.5 Å². The Morgan fingerprint density at radius 3 is 2.69 bits per heavy atom. The summed E-state index contributed by atoms with van der Waals surface area (Å²) in [5, 5.41) is 3.46. The number of ether oxygens (including phenoxy) is 1. The van der Waals surface area contributed by atoms with Crippen molar-refractivity contribution in [1.82, 2.24) is 4.90 Å². The summed E-state index contributed by atoms with van der Waals surface area (Å²) in [6, 6.07) is 12.1. The number of carbonyl (C=O) groups excluding carboxylic acids is 2. The van der Waals surface area contributed by atoms with Gasteiger partial charge in [-0.3, -0.25) is 9.59 Å². The van der Waals surface area contributed by atoms with Gasteiger partial charge in [-0.15, -0.1) is 0 Å². The third-order valence-corrected chi connectivity index (χ3v) is 4.04. The lowest BCUT2D eigenvalue weighted by atomic mass is 10.2. The quantitative estimate of drug-likeness (QED) is 0.752. The Morgan fingerprint density at radius 1 is 1.19 bits per heavy atom. The molecule has 0 bridgehead atoms. The van der Waals surface area contributed by atoms with E-state index in [1.165, 1.54) is 18.0 Å². The number of anilines is 1. The van der Waals surface area contributed by atoms with Crippen LogP contribution in [0.1, 0.15) is 5.56 Å². The average Bonchev–Trinajstić information content (AvgIpc) is 2.62. The second-order valence-electron chi connectivity index (χ2n) is 5.48. The Balaban J connectivity index is 1.94. The number of amides is 2. The molecule has 2 aromatic carbocycles. The van der Waals surface area contributed by atoms with Crippen molar-refractivity contribution in [2.75, 3.05) is 26.0 Å². The maximum absolute atomic E-state index is 12.2. The molecule has 0 fully saturated rings. The molecule has 0 spiro atoms. The molecule has 0 aromatic heterocycles. The van der Waals surface area contributed by atoms with Gasteiger partial charge in [-0.2, -0.15) is 0 Å². The topological polar surface area (TPSA) is 58.6 Å². The third kappa shape index (κ3) is 5.79. The highest BCUT2D eigenvalue weighted by Gasteiger charge is 2.12. The molecule has 2 aromatic rings. The van der Waals surface area contributed by atoms with Gasteiger partial charge in [0.05, 0.1) is 24.4 Å². The molecule has 0 unspecified atom stereocenters. The van der Waals surface area contributed by atoms with E-state index in [4.69, 9.17) is 27.9 Å². The molecule has 0 aliphatic carbocycles. The van der Waals surface area contributed by atoms with E-state index >= 15 is 0 Å². The van der Waals surface area contributed by atoms with Gasteiger partial charge < -0.3 is 15.0 Å². The number of carbonyl (C=O) groups is 2. The Morgan fingerprint density at radius 2 is 1.96 bits per heavy atom. The number of likely N-dealkylation sites (N-methyl/N-ethyl adjacent to an activating group) is 1. The van der Waals surface area contributed by atoms with E-state index in [0.717, 1.165) is 5.56 Å². The summed E-state index contributed by atoms with van der Waals surface area (Å²) in [6.45, 7) is -0.121. The van der Waals surface area contributed by atoms with Gasteiger partial charge in [0.15, 0.2) is 0 Å². The van der Waals surface area contributed by atoms with Crippen molar-refractivity contribution in [3.63, 3.8) is 0 Å². The molecule has 0 aliphatic rings. The van der Waals surface area contributed by atoms with Crippen molar-refractivity contribution in [3.05, 3.63) is 64.1 Å². The van der Waals surface area contributed by atoms with E-state index in [0.29, 0.717) is 21.5 Å². The average molecular weight is 393 g/mol. The minimum Gasteiger partial charge on any atom is -0.497 e. The first-order chi connectivity index (χ1) is 12.4. The number of benzene rings is 2. The van der Waals surface area contributed by atoms with E-state index in [-0.39, 0.29) is 18.4 Å². The first-order valence-corrected chi connectivity index (χ1v) is 8.47. The highest BCUT2D eigenvalue weighted by atomic mass is 35.5. The maximum Gasteiger partial charge on any atom is 0.246 e. The normalized spacial score (nSPS) is 10.6. The van der Waals surface area contributed by atoms with Gasteiger partial charge in [0, 0.05) is 18.1 Å². The van der Waals surface area contributed by atoms with Crippen LogP contribution in [-0.4, -0.2) is 37.4 Å². The molecule has 5 nitrogen and oxygen atoms in total. The van der Waals surface area contributed by atoms with Gasteiger partial charge in [-0.05, 0) is 42.0 Å². The van der Waals surface area contributed by atoms with Gasteiger partial charge in [-0.1, -0.05) is 35.3 Å². The van der Waals surface area contributed by atoms with Crippen molar-refractivity contribution in [2.24, 2.45) is 0 Å². The smallest absolute Gasteiger partial charge is 0.246 e. The standard InChI is InChI=1S/C19H18Cl2N2O3/c1-23(12-18(24)22-17-11-14(20)7-8-16(17)21)19(25)9-6-13-4-3-5-15(10-13)26-2/h3-11H,12H2,1-2H3,(H,22,24)/b9-6+. The molecule has 136 valence electrons. The number of hydrogen-bond donors (Lipinski definition) is 1. The maximum atomic E-state index is 12.2. The lowest BCUT2D eigenvalue weighted by molar-refractivity contribution is -0.129. The largest absolute Gasteiger partial charge is 0.497 e. The lowest BCUT2D eigenvalue weighted by Crippen LogP contribution is -2.33. The highest BCUT2D eigenvalue weighted by molar-refractivity contribution is 6.35.